The van der Waals surface area contributed by atoms with Gasteiger partial charge in [0.1, 0.15) is 6.54 Å². The van der Waals surface area contributed by atoms with Gasteiger partial charge in [0.15, 0.2) is 0 Å². The molecular weight excluding hydrogens is 308 g/mol. The van der Waals surface area contributed by atoms with Crippen molar-refractivity contribution in [3.8, 4) is 0 Å². The van der Waals surface area contributed by atoms with E-state index in [1.165, 1.54) is 6.20 Å². The molecule has 0 unspecified atom stereocenters. The third-order valence-corrected chi connectivity index (χ3v) is 4.52. The molecule has 1 saturated heterocycles. The molecule has 8 heteroatoms. The summed E-state index contributed by atoms with van der Waals surface area (Å²) in [5.41, 5.74) is 0.0899. The molecular formula is C15H18BF3N2O2. The Morgan fingerprint density at radius 2 is 1.74 bits per heavy atom. The average molecular weight is 326 g/mol. The summed E-state index contributed by atoms with van der Waals surface area (Å²) in [5.74, 6) is 0. The highest BCUT2D eigenvalue weighted by molar-refractivity contribution is 6.62. The Bertz CT molecular complexity index is 724. The van der Waals surface area contributed by atoms with Gasteiger partial charge in [0.05, 0.1) is 22.9 Å². The van der Waals surface area contributed by atoms with Gasteiger partial charge in [-0.2, -0.15) is 18.3 Å². The molecule has 2 aromatic rings. The molecule has 1 aromatic heterocycles. The van der Waals surface area contributed by atoms with E-state index in [-0.39, 0.29) is 0 Å². The van der Waals surface area contributed by atoms with Gasteiger partial charge < -0.3 is 9.31 Å². The number of alkyl halides is 3. The molecule has 2 heterocycles. The average Bonchev–Trinajstić information content (AvgIpc) is 2.86. The molecule has 23 heavy (non-hydrogen) atoms. The largest absolute Gasteiger partial charge is 0.494 e. The van der Waals surface area contributed by atoms with Gasteiger partial charge in [-0.15, -0.1) is 0 Å². The molecule has 1 fully saturated rings. The fourth-order valence-corrected chi connectivity index (χ4v) is 2.51. The van der Waals surface area contributed by atoms with Crippen LogP contribution in [-0.2, 0) is 15.9 Å². The first-order valence-corrected chi connectivity index (χ1v) is 7.36. The third kappa shape index (κ3) is 2.97. The molecule has 0 saturated carbocycles. The SMILES string of the molecule is CC1(C)OB(c2ccc3cnn(CC(F)(F)F)c3c2)OC1(C)C. The Kier molecular flexibility index (Phi) is 3.53. The van der Waals surface area contributed by atoms with Crippen LogP contribution in [0, 0.1) is 0 Å². The molecule has 1 aromatic carbocycles. The molecule has 0 N–H and O–H groups in total. The van der Waals surface area contributed by atoms with Crippen LogP contribution in [-0.4, -0.2) is 34.3 Å². The van der Waals surface area contributed by atoms with E-state index in [0.29, 0.717) is 16.4 Å². The van der Waals surface area contributed by atoms with E-state index in [0.717, 1.165) is 4.68 Å². The Hall–Kier alpha value is -1.54. The van der Waals surface area contributed by atoms with E-state index in [1.54, 1.807) is 18.2 Å². The number of benzene rings is 1. The Balaban J connectivity index is 1.96. The summed E-state index contributed by atoms with van der Waals surface area (Å²) < 4.78 is 50.8. The first-order valence-electron chi connectivity index (χ1n) is 7.36. The maximum absolute atomic E-state index is 12.6. The van der Waals surface area contributed by atoms with Crippen LogP contribution in [0.25, 0.3) is 10.9 Å². The van der Waals surface area contributed by atoms with Crippen molar-refractivity contribution in [3.63, 3.8) is 0 Å². The zero-order valence-corrected chi connectivity index (χ0v) is 13.4. The van der Waals surface area contributed by atoms with Gasteiger partial charge in [0.2, 0.25) is 0 Å². The van der Waals surface area contributed by atoms with Gasteiger partial charge in [-0.1, -0.05) is 12.1 Å². The maximum atomic E-state index is 12.6. The van der Waals surface area contributed by atoms with Gasteiger partial charge in [-0.3, -0.25) is 4.68 Å². The minimum atomic E-state index is -4.32. The molecule has 1 aliphatic heterocycles. The molecule has 1 aliphatic rings. The van der Waals surface area contributed by atoms with Crippen molar-refractivity contribution in [1.82, 2.24) is 9.78 Å². The summed E-state index contributed by atoms with van der Waals surface area (Å²) in [7, 11) is -0.612. The minimum absolute atomic E-state index is 0.412. The monoisotopic (exact) mass is 326 g/mol. The second-order valence-corrected chi connectivity index (χ2v) is 6.82. The van der Waals surface area contributed by atoms with Crippen molar-refractivity contribution in [2.45, 2.75) is 51.6 Å². The van der Waals surface area contributed by atoms with Gasteiger partial charge in [-0.25, -0.2) is 0 Å². The zero-order chi connectivity index (χ0) is 17.0. The normalized spacial score (nSPS) is 20.4. The number of fused-ring (bicyclic) bond motifs is 1. The van der Waals surface area contributed by atoms with Crippen molar-refractivity contribution in [2.75, 3.05) is 0 Å². The van der Waals surface area contributed by atoms with Crippen molar-refractivity contribution in [3.05, 3.63) is 24.4 Å². The number of nitrogens with zero attached hydrogens (tertiary/aromatic N) is 2. The van der Waals surface area contributed by atoms with Crippen LogP contribution in [0.1, 0.15) is 27.7 Å². The number of hydrogen-bond acceptors (Lipinski definition) is 3. The molecule has 0 spiro atoms. The van der Waals surface area contributed by atoms with E-state index in [4.69, 9.17) is 9.31 Å². The highest BCUT2D eigenvalue weighted by atomic mass is 19.4. The first kappa shape index (κ1) is 16.3. The predicted octanol–water partition coefficient (Wildman–Crippen LogP) is 2.90. The lowest BCUT2D eigenvalue weighted by Gasteiger charge is -2.32. The number of rotatable bonds is 2. The van der Waals surface area contributed by atoms with E-state index in [9.17, 15) is 13.2 Å². The van der Waals surface area contributed by atoms with E-state index >= 15 is 0 Å². The topological polar surface area (TPSA) is 36.3 Å². The summed E-state index contributed by atoms with van der Waals surface area (Å²) in [5, 5.41) is 4.47. The summed E-state index contributed by atoms with van der Waals surface area (Å²) in [6.07, 6.45) is -2.89. The second kappa shape index (κ2) is 4.98. The Morgan fingerprint density at radius 3 is 2.30 bits per heavy atom. The van der Waals surface area contributed by atoms with Gasteiger partial charge >= 0.3 is 13.3 Å². The lowest BCUT2D eigenvalue weighted by molar-refractivity contribution is -0.141. The molecule has 0 aliphatic carbocycles. The summed E-state index contributed by atoms with van der Waals surface area (Å²) in [4.78, 5) is 0. The summed E-state index contributed by atoms with van der Waals surface area (Å²) >= 11 is 0. The number of halogens is 3. The minimum Gasteiger partial charge on any atom is -0.399 e. The molecule has 0 bridgehead atoms. The Labute approximate surface area is 132 Å². The predicted molar refractivity (Wildman–Crippen MR) is 81.5 cm³/mol. The molecule has 0 atom stereocenters. The van der Waals surface area contributed by atoms with Crippen molar-refractivity contribution >= 4 is 23.5 Å². The van der Waals surface area contributed by atoms with E-state index in [1.807, 2.05) is 27.7 Å². The molecule has 4 nitrogen and oxygen atoms in total. The molecule has 124 valence electrons. The smallest absolute Gasteiger partial charge is 0.399 e. The number of aromatic nitrogens is 2. The van der Waals surface area contributed by atoms with Gasteiger partial charge in [0.25, 0.3) is 0 Å². The maximum Gasteiger partial charge on any atom is 0.494 e. The van der Waals surface area contributed by atoms with Crippen LogP contribution in [0.3, 0.4) is 0 Å². The summed E-state index contributed by atoms with van der Waals surface area (Å²) in [6, 6.07) is 5.18. The van der Waals surface area contributed by atoms with Crippen molar-refractivity contribution in [2.24, 2.45) is 0 Å². The van der Waals surface area contributed by atoms with Crippen molar-refractivity contribution in [1.29, 1.82) is 0 Å². The number of hydrogen-bond donors (Lipinski definition) is 0. The van der Waals surface area contributed by atoms with Gasteiger partial charge in [0, 0.05) is 5.39 Å². The fourth-order valence-electron chi connectivity index (χ4n) is 2.51. The van der Waals surface area contributed by atoms with Crippen LogP contribution in [0.4, 0.5) is 13.2 Å². The first-order chi connectivity index (χ1) is 10.5. The second-order valence-electron chi connectivity index (χ2n) is 6.82. The van der Waals surface area contributed by atoms with Crippen LogP contribution in [0.15, 0.2) is 24.4 Å². The third-order valence-electron chi connectivity index (χ3n) is 4.52. The molecule has 0 radical (unpaired) electrons. The highest BCUT2D eigenvalue weighted by Gasteiger charge is 2.51. The standard InChI is InChI=1S/C15H18BF3N2O2/c1-13(2)14(3,4)23-16(22-13)11-6-5-10-8-20-21(12(10)7-11)9-15(17,18)19/h5-8H,9H2,1-4H3. The fraction of sp³-hybridized carbons (Fsp3) is 0.533. The summed E-state index contributed by atoms with van der Waals surface area (Å²) in [6.45, 7) is 6.60. The zero-order valence-electron chi connectivity index (χ0n) is 13.4. The van der Waals surface area contributed by atoms with E-state index in [2.05, 4.69) is 5.10 Å². The van der Waals surface area contributed by atoms with Crippen LogP contribution in [0.2, 0.25) is 0 Å². The van der Waals surface area contributed by atoms with Gasteiger partial charge in [-0.05, 0) is 39.2 Å². The van der Waals surface area contributed by atoms with Crippen LogP contribution in [0.5, 0.6) is 0 Å². The van der Waals surface area contributed by atoms with E-state index < -0.39 is 31.0 Å². The quantitative estimate of drug-likeness (QED) is 0.796. The molecule has 0 amide bonds. The van der Waals surface area contributed by atoms with Crippen LogP contribution >= 0.6 is 0 Å². The Morgan fingerprint density at radius 1 is 1.13 bits per heavy atom. The lowest BCUT2D eigenvalue weighted by Crippen LogP contribution is -2.41. The van der Waals surface area contributed by atoms with Crippen molar-refractivity contribution < 1.29 is 22.5 Å². The molecule has 3 rings (SSSR count). The lowest BCUT2D eigenvalue weighted by atomic mass is 9.79. The van der Waals surface area contributed by atoms with Crippen LogP contribution < -0.4 is 5.46 Å². The highest BCUT2D eigenvalue weighted by Crippen LogP contribution is 2.36.